The third-order valence-corrected chi connectivity index (χ3v) is 2.66. The Hall–Kier alpha value is -1.34. The van der Waals surface area contributed by atoms with Gasteiger partial charge in [-0.1, -0.05) is 0 Å². The van der Waals surface area contributed by atoms with Crippen LogP contribution >= 0.6 is 0 Å². The molecule has 17 heavy (non-hydrogen) atoms. The number of aliphatic carboxylic acids is 1. The number of carbonyl (C=O) groups excluding carboxylic acids is 1. The first-order valence-corrected chi connectivity index (χ1v) is 5.63. The molecule has 0 unspecified atom stereocenters. The second-order valence-corrected chi connectivity index (χ2v) is 4.20. The van der Waals surface area contributed by atoms with E-state index in [-0.39, 0.29) is 6.54 Å². The molecule has 1 rings (SSSR count). The lowest BCUT2D eigenvalue weighted by atomic mass is 10.4. The highest BCUT2D eigenvalue weighted by atomic mass is 16.4. The van der Waals surface area contributed by atoms with Gasteiger partial charge in [0.05, 0.1) is 6.54 Å². The number of amides is 2. The van der Waals surface area contributed by atoms with Crippen molar-refractivity contribution in [3.63, 3.8) is 0 Å². The van der Waals surface area contributed by atoms with Gasteiger partial charge in [-0.25, -0.2) is 9.59 Å². The summed E-state index contributed by atoms with van der Waals surface area (Å²) in [6.07, 6.45) is 0.871. The zero-order valence-electron chi connectivity index (χ0n) is 9.85. The molecule has 0 bridgehead atoms. The van der Waals surface area contributed by atoms with Crippen LogP contribution in [0.3, 0.4) is 0 Å². The Labute approximate surface area is 99.8 Å². The standard InChI is InChI=1S/C10H19N3O4/c1-13(7-2-3-7)5-4-11-10(17)12-6-8(14)9(15)16/h7-8,14H,2-6H2,1H3,(H,15,16)(H2,11,12,17)/t8-/m0/s1. The summed E-state index contributed by atoms with van der Waals surface area (Å²) >= 11 is 0. The maximum atomic E-state index is 11.2. The molecule has 1 atom stereocenters. The molecule has 1 fully saturated rings. The molecule has 0 aliphatic heterocycles. The molecule has 0 heterocycles. The monoisotopic (exact) mass is 245 g/mol. The molecular formula is C10H19N3O4. The van der Waals surface area contributed by atoms with Crippen LogP contribution in [0, 0.1) is 0 Å². The van der Waals surface area contributed by atoms with Crippen molar-refractivity contribution in [1.82, 2.24) is 15.5 Å². The van der Waals surface area contributed by atoms with Gasteiger partial charge in [-0.3, -0.25) is 0 Å². The quantitative estimate of drug-likeness (QED) is 0.452. The molecule has 4 N–H and O–H groups in total. The van der Waals surface area contributed by atoms with Crippen molar-refractivity contribution in [2.75, 3.05) is 26.7 Å². The number of nitrogens with zero attached hydrogens (tertiary/aromatic N) is 1. The van der Waals surface area contributed by atoms with Crippen LogP contribution in [-0.4, -0.2) is 65.9 Å². The fourth-order valence-corrected chi connectivity index (χ4v) is 1.38. The van der Waals surface area contributed by atoms with E-state index in [0.29, 0.717) is 12.6 Å². The molecule has 1 aliphatic carbocycles. The first kappa shape index (κ1) is 13.7. The molecule has 98 valence electrons. The predicted molar refractivity (Wildman–Crippen MR) is 60.7 cm³/mol. The number of rotatable bonds is 7. The summed E-state index contributed by atoms with van der Waals surface area (Å²) in [6.45, 7) is 0.973. The fourth-order valence-electron chi connectivity index (χ4n) is 1.38. The minimum absolute atomic E-state index is 0.292. The number of aliphatic hydroxyl groups is 1. The molecule has 2 amide bonds. The molecule has 7 nitrogen and oxygen atoms in total. The zero-order chi connectivity index (χ0) is 12.8. The molecule has 1 saturated carbocycles. The molecule has 0 spiro atoms. The third-order valence-electron chi connectivity index (χ3n) is 2.66. The summed E-state index contributed by atoms with van der Waals surface area (Å²) in [5.74, 6) is -1.35. The molecule has 7 heteroatoms. The van der Waals surface area contributed by atoms with E-state index >= 15 is 0 Å². The SMILES string of the molecule is CN(CCNC(=O)NC[C@H](O)C(=O)O)C1CC1. The number of carbonyl (C=O) groups is 2. The zero-order valence-corrected chi connectivity index (χ0v) is 9.85. The number of carboxylic acid groups (broad SMARTS) is 1. The van der Waals surface area contributed by atoms with E-state index < -0.39 is 18.1 Å². The Morgan fingerprint density at radius 2 is 2.06 bits per heavy atom. The van der Waals surface area contributed by atoms with Gasteiger partial charge in [-0.15, -0.1) is 0 Å². The van der Waals surface area contributed by atoms with Crippen LogP contribution in [0.2, 0.25) is 0 Å². The summed E-state index contributed by atoms with van der Waals surface area (Å²) < 4.78 is 0. The molecular weight excluding hydrogens is 226 g/mol. The van der Waals surface area contributed by atoms with Crippen LogP contribution in [0.5, 0.6) is 0 Å². The first-order chi connectivity index (χ1) is 8.00. The highest BCUT2D eigenvalue weighted by Crippen LogP contribution is 2.24. The van der Waals surface area contributed by atoms with Crippen molar-refractivity contribution in [2.45, 2.75) is 25.0 Å². The van der Waals surface area contributed by atoms with E-state index in [0.717, 1.165) is 6.54 Å². The summed E-state index contributed by atoms with van der Waals surface area (Å²) in [4.78, 5) is 23.6. The topological polar surface area (TPSA) is 102 Å². The lowest BCUT2D eigenvalue weighted by Gasteiger charge is -2.16. The van der Waals surface area contributed by atoms with Gasteiger partial charge in [-0.2, -0.15) is 0 Å². The van der Waals surface area contributed by atoms with Gasteiger partial charge in [0, 0.05) is 19.1 Å². The van der Waals surface area contributed by atoms with Crippen molar-refractivity contribution < 1.29 is 19.8 Å². The lowest BCUT2D eigenvalue weighted by Crippen LogP contribution is -2.44. The smallest absolute Gasteiger partial charge is 0.334 e. The van der Waals surface area contributed by atoms with Gasteiger partial charge in [0.25, 0.3) is 0 Å². The van der Waals surface area contributed by atoms with Crippen LogP contribution in [0.25, 0.3) is 0 Å². The van der Waals surface area contributed by atoms with Crippen LogP contribution in [0.15, 0.2) is 0 Å². The second-order valence-electron chi connectivity index (χ2n) is 4.20. The average molecular weight is 245 g/mol. The summed E-state index contributed by atoms with van der Waals surface area (Å²) in [5.41, 5.74) is 0. The fraction of sp³-hybridized carbons (Fsp3) is 0.800. The van der Waals surface area contributed by atoms with E-state index in [2.05, 4.69) is 15.5 Å². The number of hydrogen-bond acceptors (Lipinski definition) is 4. The van der Waals surface area contributed by atoms with Crippen LogP contribution in [-0.2, 0) is 4.79 Å². The van der Waals surface area contributed by atoms with Crippen molar-refractivity contribution in [2.24, 2.45) is 0 Å². The third kappa shape index (κ3) is 5.50. The predicted octanol–water partition coefficient (Wildman–Crippen LogP) is -1.17. The largest absolute Gasteiger partial charge is 0.479 e. The Balaban J connectivity index is 2.02. The maximum Gasteiger partial charge on any atom is 0.334 e. The van der Waals surface area contributed by atoms with Crippen LogP contribution in [0.4, 0.5) is 4.79 Å². The second kappa shape index (κ2) is 6.41. The first-order valence-electron chi connectivity index (χ1n) is 5.63. The van der Waals surface area contributed by atoms with E-state index in [1.54, 1.807) is 0 Å². The Morgan fingerprint density at radius 3 is 2.59 bits per heavy atom. The van der Waals surface area contributed by atoms with Crippen LogP contribution in [0.1, 0.15) is 12.8 Å². The van der Waals surface area contributed by atoms with Gasteiger partial charge < -0.3 is 25.7 Å². The molecule has 0 saturated heterocycles. The molecule has 0 aromatic carbocycles. The highest BCUT2D eigenvalue weighted by molar-refractivity contribution is 5.76. The number of hydrogen-bond donors (Lipinski definition) is 4. The number of urea groups is 1. The van der Waals surface area contributed by atoms with Crippen molar-refractivity contribution >= 4 is 12.0 Å². The summed E-state index contributed by atoms with van der Waals surface area (Å²) in [6, 6.07) is 0.184. The minimum atomic E-state index is -1.56. The van der Waals surface area contributed by atoms with E-state index in [9.17, 15) is 9.59 Å². The Bertz CT molecular complexity index is 281. The number of nitrogens with one attached hydrogen (secondary N) is 2. The number of aliphatic hydroxyl groups excluding tert-OH is 1. The molecule has 0 aromatic heterocycles. The van der Waals surface area contributed by atoms with Crippen molar-refractivity contribution in [3.05, 3.63) is 0 Å². The van der Waals surface area contributed by atoms with E-state index in [1.165, 1.54) is 12.8 Å². The molecule has 0 aromatic rings. The van der Waals surface area contributed by atoms with Gasteiger partial charge >= 0.3 is 12.0 Å². The van der Waals surface area contributed by atoms with Gasteiger partial charge in [0.15, 0.2) is 6.10 Å². The summed E-state index contributed by atoms with van der Waals surface area (Å²) in [5, 5.41) is 22.2. The van der Waals surface area contributed by atoms with E-state index in [1.807, 2.05) is 7.05 Å². The van der Waals surface area contributed by atoms with Crippen molar-refractivity contribution in [1.29, 1.82) is 0 Å². The number of carboxylic acids is 1. The maximum absolute atomic E-state index is 11.2. The lowest BCUT2D eigenvalue weighted by molar-refractivity contribution is -0.146. The van der Waals surface area contributed by atoms with Gasteiger partial charge in [0.2, 0.25) is 0 Å². The van der Waals surface area contributed by atoms with E-state index in [4.69, 9.17) is 10.2 Å². The molecule has 1 aliphatic rings. The normalized spacial score (nSPS) is 16.6. The van der Waals surface area contributed by atoms with Crippen LogP contribution < -0.4 is 10.6 Å². The van der Waals surface area contributed by atoms with Gasteiger partial charge in [-0.05, 0) is 19.9 Å². The van der Waals surface area contributed by atoms with Gasteiger partial charge in [0.1, 0.15) is 0 Å². The highest BCUT2D eigenvalue weighted by Gasteiger charge is 2.25. The Morgan fingerprint density at radius 1 is 1.41 bits per heavy atom. The Kier molecular flexibility index (Phi) is 5.17. The molecule has 0 radical (unpaired) electrons. The number of likely N-dealkylation sites (N-methyl/N-ethyl adjacent to an activating group) is 1. The van der Waals surface area contributed by atoms with Crippen molar-refractivity contribution in [3.8, 4) is 0 Å². The minimum Gasteiger partial charge on any atom is -0.479 e. The summed E-state index contributed by atoms with van der Waals surface area (Å²) in [7, 11) is 2.01. The average Bonchev–Trinajstić information content (AvgIpc) is 3.09.